The molecule has 1 saturated carbocycles. The fourth-order valence-electron chi connectivity index (χ4n) is 3.43. The van der Waals surface area contributed by atoms with Crippen molar-refractivity contribution in [3.8, 4) is 0 Å². The van der Waals surface area contributed by atoms with Crippen LogP contribution in [0.25, 0.3) is 0 Å². The second-order valence-electron chi connectivity index (χ2n) is 6.20. The highest BCUT2D eigenvalue weighted by molar-refractivity contribution is 4.83. The lowest BCUT2D eigenvalue weighted by Crippen LogP contribution is -2.45. The van der Waals surface area contributed by atoms with Crippen molar-refractivity contribution < 1.29 is 0 Å². The van der Waals surface area contributed by atoms with E-state index in [4.69, 9.17) is 5.73 Å². The molecule has 3 atom stereocenters. The summed E-state index contributed by atoms with van der Waals surface area (Å²) in [6.45, 7) is 3.82. The molecule has 2 fully saturated rings. The minimum absolute atomic E-state index is 0.490. The van der Waals surface area contributed by atoms with Gasteiger partial charge in [0, 0.05) is 18.6 Å². The molecule has 0 bridgehead atoms. The van der Waals surface area contributed by atoms with Gasteiger partial charge < -0.3 is 15.5 Å². The van der Waals surface area contributed by atoms with Crippen LogP contribution >= 0.6 is 0 Å². The van der Waals surface area contributed by atoms with Gasteiger partial charge in [0.15, 0.2) is 0 Å². The lowest BCUT2D eigenvalue weighted by Gasteiger charge is -2.36. The second kappa shape index (κ2) is 6.17. The molecule has 0 aromatic heterocycles. The molecule has 2 aliphatic rings. The summed E-state index contributed by atoms with van der Waals surface area (Å²) >= 11 is 0. The summed E-state index contributed by atoms with van der Waals surface area (Å²) in [5.74, 6) is 0.801. The molecular formula is C14H29N3. The van der Waals surface area contributed by atoms with Gasteiger partial charge in [0.25, 0.3) is 0 Å². The highest BCUT2D eigenvalue weighted by Crippen LogP contribution is 2.27. The minimum Gasteiger partial charge on any atom is -0.327 e. The Bertz CT molecular complexity index is 230. The maximum Gasteiger partial charge on any atom is 0.0217 e. The van der Waals surface area contributed by atoms with E-state index >= 15 is 0 Å². The minimum atomic E-state index is 0.490. The summed E-state index contributed by atoms with van der Waals surface area (Å²) in [6.07, 6.45) is 8.02. The van der Waals surface area contributed by atoms with Crippen LogP contribution in [-0.2, 0) is 0 Å². The van der Waals surface area contributed by atoms with Crippen molar-refractivity contribution in [2.75, 3.05) is 33.7 Å². The zero-order valence-corrected chi connectivity index (χ0v) is 11.6. The Labute approximate surface area is 106 Å². The average molecular weight is 239 g/mol. The van der Waals surface area contributed by atoms with E-state index in [1.54, 1.807) is 0 Å². The van der Waals surface area contributed by atoms with Crippen LogP contribution in [0.4, 0.5) is 0 Å². The fraction of sp³-hybridized carbons (Fsp3) is 1.00. The van der Waals surface area contributed by atoms with Crippen LogP contribution in [0.15, 0.2) is 0 Å². The molecule has 0 radical (unpaired) electrons. The molecule has 0 spiro atoms. The standard InChI is InChI=1S/C14H29N3/c1-16(2)13-6-4-9-17(11-13)10-8-12-5-3-7-14(12)15/h12-14H,3-11,15H2,1-2H3. The summed E-state index contributed by atoms with van der Waals surface area (Å²) in [6, 6.07) is 1.26. The number of nitrogens with zero attached hydrogens (tertiary/aromatic N) is 2. The predicted molar refractivity (Wildman–Crippen MR) is 73.1 cm³/mol. The van der Waals surface area contributed by atoms with Crippen LogP contribution in [0.1, 0.15) is 38.5 Å². The normalized spacial score (nSPS) is 35.6. The van der Waals surface area contributed by atoms with E-state index in [1.165, 1.54) is 58.2 Å². The lowest BCUT2D eigenvalue weighted by molar-refractivity contribution is 0.126. The third kappa shape index (κ3) is 3.67. The van der Waals surface area contributed by atoms with Gasteiger partial charge in [-0.1, -0.05) is 6.42 Å². The summed E-state index contributed by atoms with van der Waals surface area (Å²) in [4.78, 5) is 5.03. The van der Waals surface area contributed by atoms with Gasteiger partial charge in [-0.3, -0.25) is 0 Å². The Balaban J connectivity index is 1.71. The molecule has 100 valence electrons. The average Bonchev–Trinajstić information content (AvgIpc) is 2.72. The van der Waals surface area contributed by atoms with Gasteiger partial charge in [-0.05, 0) is 65.2 Å². The van der Waals surface area contributed by atoms with Crippen LogP contribution in [0, 0.1) is 5.92 Å². The van der Waals surface area contributed by atoms with Crippen LogP contribution in [0.5, 0.6) is 0 Å². The quantitative estimate of drug-likeness (QED) is 0.807. The van der Waals surface area contributed by atoms with E-state index in [0.717, 1.165) is 12.0 Å². The smallest absolute Gasteiger partial charge is 0.0217 e. The van der Waals surface area contributed by atoms with Crippen molar-refractivity contribution in [3.05, 3.63) is 0 Å². The topological polar surface area (TPSA) is 32.5 Å². The van der Waals surface area contributed by atoms with Crippen LogP contribution in [0.2, 0.25) is 0 Å². The molecule has 2 N–H and O–H groups in total. The molecule has 17 heavy (non-hydrogen) atoms. The molecule has 2 rings (SSSR count). The number of hydrogen-bond acceptors (Lipinski definition) is 3. The Hall–Kier alpha value is -0.120. The van der Waals surface area contributed by atoms with Crippen molar-refractivity contribution in [1.82, 2.24) is 9.80 Å². The highest BCUT2D eigenvalue weighted by Gasteiger charge is 2.26. The molecule has 1 aliphatic heterocycles. The number of hydrogen-bond donors (Lipinski definition) is 1. The first-order chi connectivity index (χ1) is 8.16. The number of rotatable bonds is 4. The number of piperidine rings is 1. The first kappa shape index (κ1) is 13.3. The first-order valence-electron chi connectivity index (χ1n) is 7.31. The zero-order chi connectivity index (χ0) is 12.3. The predicted octanol–water partition coefficient (Wildman–Crippen LogP) is 1.53. The largest absolute Gasteiger partial charge is 0.327 e. The van der Waals surface area contributed by atoms with Crippen LogP contribution in [0.3, 0.4) is 0 Å². The molecule has 3 heteroatoms. The van der Waals surface area contributed by atoms with Crippen molar-refractivity contribution in [3.63, 3.8) is 0 Å². The van der Waals surface area contributed by atoms with E-state index in [2.05, 4.69) is 23.9 Å². The maximum atomic E-state index is 6.14. The molecule has 1 heterocycles. The van der Waals surface area contributed by atoms with E-state index in [0.29, 0.717) is 6.04 Å². The number of likely N-dealkylation sites (tertiary alicyclic amines) is 1. The second-order valence-corrected chi connectivity index (χ2v) is 6.20. The molecule has 3 unspecified atom stereocenters. The maximum absolute atomic E-state index is 6.14. The zero-order valence-electron chi connectivity index (χ0n) is 11.6. The van der Waals surface area contributed by atoms with Crippen molar-refractivity contribution in [2.45, 2.75) is 50.6 Å². The van der Waals surface area contributed by atoms with E-state index in [9.17, 15) is 0 Å². The van der Waals surface area contributed by atoms with E-state index in [1.807, 2.05) is 0 Å². The van der Waals surface area contributed by atoms with Crippen molar-refractivity contribution >= 4 is 0 Å². The first-order valence-corrected chi connectivity index (χ1v) is 7.31. The van der Waals surface area contributed by atoms with Gasteiger partial charge in [0.1, 0.15) is 0 Å². The summed E-state index contributed by atoms with van der Waals surface area (Å²) in [5, 5.41) is 0. The Morgan fingerprint density at radius 3 is 2.65 bits per heavy atom. The molecular weight excluding hydrogens is 210 g/mol. The van der Waals surface area contributed by atoms with E-state index < -0.39 is 0 Å². The summed E-state index contributed by atoms with van der Waals surface area (Å²) < 4.78 is 0. The molecule has 0 amide bonds. The number of likely N-dealkylation sites (N-methyl/N-ethyl adjacent to an activating group) is 1. The summed E-state index contributed by atoms with van der Waals surface area (Å²) in [5.41, 5.74) is 6.14. The van der Waals surface area contributed by atoms with Gasteiger partial charge in [0.2, 0.25) is 0 Å². The van der Waals surface area contributed by atoms with E-state index in [-0.39, 0.29) is 0 Å². The fourth-order valence-corrected chi connectivity index (χ4v) is 3.43. The monoisotopic (exact) mass is 239 g/mol. The van der Waals surface area contributed by atoms with Crippen molar-refractivity contribution in [2.24, 2.45) is 11.7 Å². The molecule has 1 saturated heterocycles. The molecule has 3 nitrogen and oxygen atoms in total. The third-order valence-electron chi connectivity index (χ3n) is 4.74. The molecule has 1 aliphatic carbocycles. The van der Waals surface area contributed by atoms with Crippen LogP contribution in [-0.4, -0.2) is 55.6 Å². The Kier molecular flexibility index (Phi) is 4.83. The summed E-state index contributed by atoms with van der Waals surface area (Å²) in [7, 11) is 4.42. The molecule has 0 aromatic carbocycles. The molecule has 0 aromatic rings. The van der Waals surface area contributed by atoms with Gasteiger partial charge in [-0.2, -0.15) is 0 Å². The van der Waals surface area contributed by atoms with Gasteiger partial charge in [-0.15, -0.1) is 0 Å². The van der Waals surface area contributed by atoms with Gasteiger partial charge in [-0.25, -0.2) is 0 Å². The Morgan fingerprint density at radius 1 is 1.18 bits per heavy atom. The highest BCUT2D eigenvalue weighted by atomic mass is 15.2. The van der Waals surface area contributed by atoms with Gasteiger partial charge in [0.05, 0.1) is 0 Å². The van der Waals surface area contributed by atoms with Gasteiger partial charge >= 0.3 is 0 Å². The van der Waals surface area contributed by atoms with Crippen molar-refractivity contribution in [1.29, 1.82) is 0 Å². The number of nitrogens with two attached hydrogens (primary N) is 1. The lowest BCUT2D eigenvalue weighted by atomic mass is 9.98. The Morgan fingerprint density at radius 2 is 2.00 bits per heavy atom. The van der Waals surface area contributed by atoms with Crippen LogP contribution < -0.4 is 5.73 Å². The SMILES string of the molecule is CN(C)C1CCCN(CCC2CCCC2N)C1. The third-order valence-corrected chi connectivity index (χ3v) is 4.74.